The smallest absolute Gasteiger partial charge is 0.0960 e. The molecule has 4 heteroatoms. The molecule has 0 aromatic rings. The highest BCUT2D eigenvalue weighted by atomic mass is 79.9. The van der Waals surface area contributed by atoms with Crippen LogP contribution in [0.25, 0.3) is 0 Å². The van der Waals surface area contributed by atoms with Gasteiger partial charge in [0, 0.05) is 11.9 Å². The summed E-state index contributed by atoms with van der Waals surface area (Å²) < 4.78 is 5.91. The number of aliphatic hydroxyl groups is 2. The molecule has 94 valence electrons. The number of aliphatic hydroxyl groups excluding tert-OH is 2. The summed E-state index contributed by atoms with van der Waals surface area (Å²) >= 11 is 3.44. The topological polar surface area (TPSA) is 49.7 Å². The molecule has 1 heterocycles. The van der Waals surface area contributed by atoms with E-state index >= 15 is 0 Å². The zero-order valence-corrected chi connectivity index (χ0v) is 11.2. The van der Waals surface area contributed by atoms with Crippen molar-refractivity contribution in [1.82, 2.24) is 0 Å². The lowest BCUT2D eigenvalue weighted by Gasteiger charge is -2.24. The van der Waals surface area contributed by atoms with Crippen molar-refractivity contribution in [3.63, 3.8) is 0 Å². The lowest BCUT2D eigenvalue weighted by atomic mass is 10.0. The number of hydrogen-bond donors (Lipinski definition) is 2. The van der Waals surface area contributed by atoms with Crippen LogP contribution < -0.4 is 0 Å². The molecule has 0 radical (unpaired) electrons. The minimum Gasteiger partial charge on any atom is -0.396 e. The van der Waals surface area contributed by atoms with E-state index in [-0.39, 0.29) is 24.4 Å². The van der Waals surface area contributed by atoms with Crippen molar-refractivity contribution >= 4 is 15.9 Å². The highest BCUT2D eigenvalue weighted by molar-refractivity contribution is 9.09. The first-order chi connectivity index (χ1) is 7.65. The van der Waals surface area contributed by atoms with E-state index in [1.165, 1.54) is 0 Å². The fourth-order valence-corrected chi connectivity index (χ4v) is 2.71. The standard InChI is InChI=1S/C12H21BrO3/c1-2-12(9-13)6-5-11(16-12)8-10(15)4-3-7-14/h2,10-11,14-15H,1,3-9H2. The summed E-state index contributed by atoms with van der Waals surface area (Å²) in [6.07, 6.45) is 5.47. The second-order valence-corrected chi connectivity index (χ2v) is 5.00. The Morgan fingerprint density at radius 3 is 2.88 bits per heavy atom. The molecular weight excluding hydrogens is 272 g/mol. The van der Waals surface area contributed by atoms with Crippen molar-refractivity contribution in [2.24, 2.45) is 0 Å². The van der Waals surface area contributed by atoms with Crippen molar-refractivity contribution in [2.45, 2.75) is 49.9 Å². The van der Waals surface area contributed by atoms with Crippen molar-refractivity contribution < 1.29 is 14.9 Å². The molecule has 0 amide bonds. The van der Waals surface area contributed by atoms with Gasteiger partial charge in [-0.05, 0) is 32.1 Å². The predicted octanol–water partition coefficient (Wildman–Crippen LogP) is 2.01. The molecule has 1 aliphatic heterocycles. The van der Waals surface area contributed by atoms with Gasteiger partial charge in [0.1, 0.15) is 0 Å². The molecule has 0 saturated carbocycles. The maximum absolute atomic E-state index is 9.73. The van der Waals surface area contributed by atoms with E-state index in [1.807, 2.05) is 6.08 Å². The minimum absolute atomic E-state index is 0.115. The van der Waals surface area contributed by atoms with Crippen LogP contribution in [0.3, 0.4) is 0 Å². The third-order valence-electron chi connectivity index (χ3n) is 3.12. The molecule has 1 fully saturated rings. The Bertz CT molecular complexity index is 222. The van der Waals surface area contributed by atoms with Crippen LogP contribution in [0.15, 0.2) is 12.7 Å². The predicted molar refractivity (Wildman–Crippen MR) is 67.8 cm³/mol. The SMILES string of the molecule is C=CC1(CBr)CCC(CC(O)CCCO)O1. The summed E-state index contributed by atoms with van der Waals surface area (Å²) in [5.41, 5.74) is -0.249. The Hall–Kier alpha value is 0.1000. The molecule has 0 bridgehead atoms. The summed E-state index contributed by atoms with van der Waals surface area (Å²) in [6, 6.07) is 0. The molecule has 1 saturated heterocycles. The van der Waals surface area contributed by atoms with Gasteiger partial charge in [-0.1, -0.05) is 22.0 Å². The van der Waals surface area contributed by atoms with E-state index in [0.29, 0.717) is 19.3 Å². The van der Waals surface area contributed by atoms with E-state index in [4.69, 9.17) is 9.84 Å². The van der Waals surface area contributed by atoms with Gasteiger partial charge in [-0.15, -0.1) is 6.58 Å². The normalized spacial score (nSPS) is 31.6. The number of ether oxygens (including phenoxy) is 1. The monoisotopic (exact) mass is 292 g/mol. The van der Waals surface area contributed by atoms with Gasteiger partial charge in [-0.25, -0.2) is 0 Å². The van der Waals surface area contributed by atoms with Crippen LogP contribution >= 0.6 is 15.9 Å². The number of rotatable bonds is 7. The minimum atomic E-state index is -0.368. The quantitative estimate of drug-likeness (QED) is 0.557. The summed E-state index contributed by atoms with van der Waals surface area (Å²) in [5, 5.41) is 19.2. The number of halogens is 1. The van der Waals surface area contributed by atoms with Gasteiger partial charge >= 0.3 is 0 Å². The van der Waals surface area contributed by atoms with Crippen LogP contribution in [0.2, 0.25) is 0 Å². The molecule has 0 spiro atoms. The third kappa shape index (κ3) is 3.84. The van der Waals surface area contributed by atoms with E-state index < -0.39 is 0 Å². The van der Waals surface area contributed by atoms with Gasteiger partial charge in [-0.3, -0.25) is 0 Å². The zero-order chi connectivity index (χ0) is 12.0. The number of hydrogen-bond acceptors (Lipinski definition) is 3. The highest BCUT2D eigenvalue weighted by Gasteiger charge is 2.37. The first-order valence-electron chi connectivity index (χ1n) is 5.82. The first-order valence-corrected chi connectivity index (χ1v) is 6.94. The van der Waals surface area contributed by atoms with Crippen LogP contribution in [0.5, 0.6) is 0 Å². The van der Waals surface area contributed by atoms with Crippen molar-refractivity contribution in [1.29, 1.82) is 0 Å². The second kappa shape index (κ2) is 6.74. The average molecular weight is 293 g/mol. The lowest BCUT2D eigenvalue weighted by molar-refractivity contribution is -0.0170. The molecule has 3 atom stereocenters. The van der Waals surface area contributed by atoms with Gasteiger partial charge in [0.05, 0.1) is 17.8 Å². The maximum Gasteiger partial charge on any atom is 0.0960 e. The largest absolute Gasteiger partial charge is 0.396 e. The molecule has 16 heavy (non-hydrogen) atoms. The van der Waals surface area contributed by atoms with Gasteiger partial charge in [0.25, 0.3) is 0 Å². The molecular formula is C12H21BrO3. The van der Waals surface area contributed by atoms with Crippen LogP contribution in [0.4, 0.5) is 0 Å². The summed E-state index contributed by atoms with van der Waals surface area (Å²) in [5.74, 6) is 0. The summed E-state index contributed by atoms with van der Waals surface area (Å²) in [6.45, 7) is 3.94. The summed E-state index contributed by atoms with van der Waals surface area (Å²) in [4.78, 5) is 0. The van der Waals surface area contributed by atoms with Crippen LogP contribution in [0, 0.1) is 0 Å². The van der Waals surface area contributed by atoms with Crippen molar-refractivity contribution in [2.75, 3.05) is 11.9 Å². The fourth-order valence-electron chi connectivity index (χ4n) is 2.07. The molecule has 0 aromatic carbocycles. The third-order valence-corrected chi connectivity index (χ3v) is 4.07. The van der Waals surface area contributed by atoms with Crippen LogP contribution in [0.1, 0.15) is 32.1 Å². The van der Waals surface area contributed by atoms with Crippen LogP contribution in [-0.4, -0.2) is 40.0 Å². The Morgan fingerprint density at radius 2 is 2.38 bits per heavy atom. The molecule has 1 aliphatic rings. The molecule has 3 nitrogen and oxygen atoms in total. The Morgan fingerprint density at radius 1 is 1.62 bits per heavy atom. The van der Waals surface area contributed by atoms with Gasteiger partial charge < -0.3 is 14.9 Å². The number of alkyl halides is 1. The zero-order valence-electron chi connectivity index (χ0n) is 9.57. The van der Waals surface area contributed by atoms with E-state index in [0.717, 1.165) is 18.2 Å². The Labute approximate surface area is 106 Å². The molecule has 2 N–H and O–H groups in total. The van der Waals surface area contributed by atoms with Gasteiger partial charge in [0.15, 0.2) is 0 Å². The van der Waals surface area contributed by atoms with Crippen LogP contribution in [-0.2, 0) is 4.74 Å². The Balaban J connectivity index is 2.33. The molecule has 1 rings (SSSR count). The van der Waals surface area contributed by atoms with Crippen molar-refractivity contribution in [3.05, 3.63) is 12.7 Å². The van der Waals surface area contributed by atoms with Gasteiger partial charge in [0.2, 0.25) is 0 Å². The van der Waals surface area contributed by atoms with E-state index in [1.54, 1.807) is 0 Å². The van der Waals surface area contributed by atoms with Crippen molar-refractivity contribution in [3.8, 4) is 0 Å². The van der Waals surface area contributed by atoms with E-state index in [9.17, 15) is 5.11 Å². The van der Waals surface area contributed by atoms with Gasteiger partial charge in [-0.2, -0.15) is 0 Å². The summed E-state index contributed by atoms with van der Waals surface area (Å²) in [7, 11) is 0. The van der Waals surface area contributed by atoms with E-state index in [2.05, 4.69) is 22.5 Å². The first kappa shape index (κ1) is 14.2. The lowest BCUT2D eigenvalue weighted by Crippen LogP contribution is -2.29. The molecule has 0 aromatic heterocycles. The highest BCUT2D eigenvalue weighted by Crippen LogP contribution is 2.35. The second-order valence-electron chi connectivity index (χ2n) is 4.44. The molecule has 0 aliphatic carbocycles. The fraction of sp³-hybridized carbons (Fsp3) is 0.833. The maximum atomic E-state index is 9.73. The Kier molecular flexibility index (Phi) is 5.97. The molecule has 3 unspecified atom stereocenters. The average Bonchev–Trinajstić information content (AvgIpc) is 2.70.